The SMILES string of the molecule is Cl.Nc1ncc(Cl)cc1S(=O)(=O)N1CCNCC1c1cccnc1. The standard InChI is InChI=1S/C14H16ClN5O2S.ClH/c15-11-6-13(14(16)19-8-11)23(21,22)20-5-4-18-9-12(20)10-2-1-3-17-7-10;/h1-3,6-8,12,18H,4-5,9H2,(H2,16,19);1H. The number of hydrogen-bond donors (Lipinski definition) is 2. The van der Waals surface area contributed by atoms with Gasteiger partial charge in [-0.05, 0) is 17.7 Å². The third-order valence-corrected chi connectivity index (χ3v) is 5.84. The van der Waals surface area contributed by atoms with E-state index in [2.05, 4.69) is 15.3 Å². The number of nitrogen functional groups attached to an aromatic ring is 1. The first kappa shape index (κ1) is 18.9. The van der Waals surface area contributed by atoms with Crippen LogP contribution in [0, 0.1) is 0 Å². The van der Waals surface area contributed by atoms with Crippen LogP contribution in [0.25, 0.3) is 0 Å². The number of piperazine rings is 1. The quantitative estimate of drug-likeness (QED) is 0.823. The highest BCUT2D eigenvalue weighted by molar-refractivity contribution is 7.89. The molecular weight excluding hydrogens is 373 g/mol. The van der Waals surface area contributed by atoms with Crippen molar-refractivity contribution in [3.05, 3.63) is 47.4 Å². The van der Waals surface area contributed by atoms with E-state index in [4.69, 9.17) is 17.3 Å². The number of nitrogens with zero attached hydrogens (tertiary/aromatic N) is 3. The van der Waals surface area contributed by atoms with Crippen LogP contribution >= 0.6 is 24.0 Å². The average Bonchev–Trinajstić information content (AvgIpc) is 2.58. The number of sulfonamides is 1. The number of nitrogens with one attached hydrogen (secondary N) is 1. The van der Waals surface area contributed by atoms with Crippen molar-refractivity contribution >= 4 is 39.8 Å². The molecule has 0 aliphatic carbocycles. The number of hydrogen-bond acceptors (Lipinski definition) is 6. The molecule has 2 aromatic rings. The average molecular weight is 390 g/mol. The lowest BCUT2D eigenvalue weighted by Gasteiger charge is -2.35. The van der Waals surface area contributed by atoms with E-state index in [9.17, 15) is 8.42 Å². The zero-order valence-electron chi connectivity index (χ0n) is 12.6. The van der Waals surface area contributed by atoms with Gasteiger partial charge < -0.3 is 11.1 Å². The van der Waals surface area contributed by atoms with E-state index in [0.717, 1.165) is 5.56 Å². The van der Waals surface area contributed by atoms with E-state index >= 15 is 0 Å². The Bertz CT molecular complexity index is 804. The van der Waals surface area contributed by atoms with Gasteiger partial charge in [-0.15, -0.1) is 12.4 Å². The Morgan fingerprint density at radius 1 is 1.38 bits per heavy atom. The fraction of sp³-hybridized carbons (Fsp3) is 0.286. The lowest BCUT2D eigenvalue weighted by molar-refractivity contribution is 0.271. The van der Waals surface area contributed by atoms with Gasteiger partial charge in [0.2, 0.25) is 10.0 Å². The maximum Gasteiger partial charge on any atom is 0.247 e. The topological polar surface area (TPSA) is 101 Å². The molecule has 0 saturated carbocycles. The summed E-state index contributed by atoms with van der Waals surface area (Å²) in [5.41, 5.74) is 6.58. The summed E-state index contributed by atoms with van der Waals surface area (Å²) in [5.74, 6) is -0.0575. The van der Waals surface area contributed by atoms with Gasteiger partial charge >= 0.3 is 0 Å². The Morgan fingerprint density at radius 3 is 2.88 bits per heavy atom. The number of anilines is 1. The summed E-state index contributed by atoms with van der Waals surface area (Å²) in [7, 11) is -3.82. The molecule has 1 atom stereocenters. The molecule has 1 saturated heterocycles. The van der Waals surface area contributed by atoms with Crippen molar-refractivity contribution in [3.63, 3.8) is 0 Å². The van der Waals surface area contributed by atoms with Crippen LogP contribution in [0.1, 0.15) is 11.6 Å². The molecular formula is C14H17Cl2N5O2S. The highest BCUT2D eigenvalue weighted by Gasteiger charge is 2.36. The van der Waals surface area contributed by atoms with E-state index in [0.29, 0.717) is 19.6 Å². The Labute approximate surface area is 151 Å². The van der Waals surface area contributed by atoms with Gasteiger partial charge in [-0.25, -0.2) is 13.4 Å². The first-order chi connectivity index (χ1) is 11.0. The molecule has 2 aromatic heterocycles. The van der Waals surface area contributed by atoms with Crippen molar-refractivity contribution in [2.45, 2.75) is 10.9 Å². The van der Waals surface area contributed by atoms with Crippen molar-refractivity contribution in [2.75, 3.05) is 25.4 Å². The summed E-state index contributed by atoms with van der Waals surface area (Å²) in [6.07, 6.45) is 4.64. The summed E-state index contributed by atoms with van der Waals surface area (Å²) in [4.78, 5) is 7.85. The number of pyridine rings is 2. The van der Waals surface area contributed by atoms with Gasteiger partial charge in [-0.1, -0.05) is 17.7 Å². The lowest BCUT2D eigenvalue weighted by atomic mass is 10.1. The summed E-state index contributed by atoms with van der Waals surface area (Å²) in [6, 6.07) is 4.61. The van der Waals surface area contributed by atoms with Gasteiger partial charge in [0.1, 0.15) is 10.7 Å². The van der Waals surface area contributed by atoms with Crippen molar-refractivity contribution in [2.24, 2.45) is 0 Å². The van der Waals surface area contributed by atoms with Crippen molar-refractivity contribution in [1.82, 2.24) is 19.6 Å². The van der Waals surface area contributed by atoms with Crippen LogP contribution in [-0.4, -0.2) is 42.3 Å². The Kier molecular flexibility index (Phi) is 6.00. The van der Waals surface area contributed by atoms with Gasteiger partial charge in [0.15, 0.2) is 0 Å². The van der Waals surface area contributed by atoms with Gasteiger partial charge in [0, 0.05) is 38.2 Å². The molecule has 1 aliphatic heterocycles. The number of halogens is 2. The molecule has 7 nitrogen and oxygen atoms in total. The molecule has 0 aromatic carbocycles. The third-order valence-electron chi connectivity index (χ3n) is 3.70. The van der Waals surface area contributed by atoms with E-state index in [1.165, 1.54) is 16.6 Å². The Balaban J connectivity index is 0.00000208. The molecule has 0 amide bonds. The second-order valence-corrected chi connectivity index (χ2v) is 7.45. The van der Waals surface area contributed by atoms with Crippen LogP contribution in [0.3, 0.4) is 0 Å². The van der Waals surface area contributed by atoms with E-state index in [1.54, 1.807) is 18.5 Å². The van der Waals surface area contributed by atoms with Crippen LogP contribution in [0.5, 0.6) is 0 Å². The molecule has 1 fully saturated rings. The van der Waals surface area contributed by atoms with Crippen LogP contribution in [0.2, 0.25) is 5.02 Å². The minimum absolute atomic E-state index is 0. The predicted octanol–water partition coefficient (Wildman–Crippen LogP) is 1.47. The van der Waals surface area contributed by atoms with Gasteiger partial charge in [-0.3, -0.25) is 4.98 Å². The smallest absolute Gasteiger partial charge is 0.247 e. The van der Waals surface area contributed by atoms with Crippen molar-refractivity contribution < 1.29 is 8.42 Å². The van der Waals surface area contributed by atoms with Crippen molar-refractivity contribution in [3.8, 4) is 0 Å². The second-order valence-electron chi connectivity index (χ2n) is 5.16. The molecule has 0 radical (unpaired) electrons. The van der Waals surface area contributed by atoms with Crippen LogP contribution in [0.4, 0.5) is 5.82 Å². The fourth-order valence-corrected chi connectivity index (χ4v) is 4.53. The molecule has 24 heavy (non-hydrogen) atoms. The molecule has 3 N–H and O–H groups in total. The number of nitrogens with two attached hydrogens (primary N) is 1. The molecule has 1 unspecified atom stereocenters. The molecule has 3 rings (SSSR count). The Morgan fingerprint density at radius 2 is 2.17 bits per heavy atom. The largest absolute Gasteiger partial charge is 0.383 e. The zero-order valence-corrected chi connectivity index (χ0v) is 15.0. The minimum atomic E-state index is -3.82. The number of aromatic nitrogens is 2. The first-order valence-corrected chi connectivity index (χ1v) is 8.85. The zero-order chi connectivity index (χ0) is 16.4. The predicted molar refractivity (Wildman–Crippen MR) is 94.6 cm³/mol. The maximum absolute atomic E-state index is 13.0. The summed E-state index contributed by atoms with van der Waals surface area (Å²) in [6.45, 7) is 1.39. The summed E-state index contributed by atoms with van der Waals surface area (Å²) in [5, 5.41) is 3.43. The first-order valence-electron chi connectivity index (χ1n) is 7.03. The van der Waals surface area contributed by atoms with E-state index in [1.807, 2.05) is 6.07 Å². The molecule has 10 heteroatoms. The number of rotatable bonds is 3. The monoisotopic (exact) mass is 389 g/mol. The molecule has 3 heterocycles. The van der Waals surface area contributed by atoms with Gasteiger partial charge in [0.25, 0.3) is 0 Å². The highest BCUT2D eigenvalue weighted by atomic mass is 35.5. The van der Waals surface area contributed by atoms with E-state index < -0.39 is 10.0 Å². The molecule has 0 spiro atoms. The minimum Gasteiger partial charge on any atom is -0.383 e. The normalized spacial score (nSPS) is 18.8. The highest BCUT2D eigenvalue weighted by Crippen LogP contribution is 2.31. The summed E-state index contributed by atoms with van der Waals surface area (Å²) < 4.78 is 27.5. The molecule has 1 aliphatic rings. The molecule has 130 valence electrons. The lowest BCUT2D eigenvalue weighted by Crippen LogP contribution is -2.48. The fourth-order valence-electron chi connectivity index (χ4n) is 2.59. The van der Waals surface area contributed by atoms with Gasteiger partial charge in [0.05, 0.1) is 11.1 Å². The van der Waals surface area contributed by atoms with Crippen LogP contribution in [-0.2, 0) is 10.0 Å². The van der Waals surface area contributed by atoms with Gasteiger partial charge in [-0.2, -0.15) is 4.31 Å². The van der Waals surface area contributed by atoms with Crippen LogP contribution in [0.15, 0.2) is 41.7 Å². The Hall–Kier alpha value is -1.45. The maximum atomic E-state index is 13.0. The third kappa shape index (κ3) is 3.62. The molecule has 0 bridgehead atoms. The van der Waals surface area contributed by atoms with Crippen LogP contribution < -0.4 is 11.1 Å². The summed E-state index contributed by atoms with van der Waals surface area (Å²) >= 11 is 5.89. The van der Waals surface area contributed by atoms with Crippen molar-refractivity contribution in [1.29, 1.82) is 0 Å². The second kappa shape index (κ2) is 7.62. The van der Waals surface area contributed by atoms with E-state index in [-0.39, 0.29) is 34.2 Å².